The Morgan fingerprint density at radius 3 is 2.68 bits per heavy atom. The van der Waals surface area contributed by atoms with E-state index in [1.807, 2.05) is 0 Å². The van der Waals surface area contributed by atoms with Gasteiger partial charge in [-0.3, -0.25) is 4.98 Å². The molecular weight excluding hydrogens is 656 g/mol. The van der Waals surface area contributed by atoms with E-state index in [4.69, 9.17) is 9.97 Å². The van der Waals surface area contributed by atoms with Crippen LogP contribution in [-0.4, -0.2) is 21.1 Å². The van der Waals surface area contributed by atoms with E-state index in [2.05, 4.69) is 99.5 Å². The molecule has 1 N–H and O–H groups in total. The molecular formula is C29H39EsN4-. The third-order valence-electron chi connectivity index (χ3n) is 6.02. The van der Waals surface area contributed by atoms with Crippen molar-refractivity contribution in [1.82, 2.24) is 14.5 Å². The van der Waals surface area contributed by atoms with E-state index in [0.717, 1.165) is 60.4 Å². The van der Waals surface area contributed by atoms with Crippen LogP contribution in [0.1, 0.15) is 65.0 Å². The van der Waals surface area contributed by atoms with E-state index in [1.165, 1.54) is 16.3 Å². The summed E-state index contributed by atoms with van der Waals surface area (Å²) in [6.07, 6.45) is 14.2. The van der Waals surface area contributed by atoms with Crippen LogP contribution in [0.3, 0.4) is 0 Å². The monoisotopic (exact) mass is 695 g/mol. The largest absolute Gasteiger partial charge is 0.385 e. The molecule has 1 aliphatic rings. The van der Waals surface area contributed by atoms with Gasteiger partial charge in [-0.25, -0.2) is 4.98 Å². The minimum atomic E-state index is -0.0529. The van der Waals surface area contributed by atoms with Gasteiger partial charge in [0.05, 0.1) is 11.2 Å². The summed E-state index contributed by atoms with van der Waals surface area (Å²) < 4.78 is 2.43. The zero-order chi connectivity index (χ0) is 22.7. The Bertz CT molecular complexity index is 1270. The molecule has 187 valence electrons. The molecule has 2 heterocycles. The van der Waals surface area contributed by atoms with Crippen molar-refractivity contribution in [3.63, 3.8) is 0 Å². The van der Waals surface area contributed by atoms with E-state index >= 15 is 0 Å². The van der Waals surface area contributed by atoms with Gasteiger partial charge in [0.2, 0.25) is 0 Å². The molecule has 1 radical (unpaired) electrons. The molecule has 4 nitrogen and oxygen atoms in total. The van der Waals surface area contributed by atoms with Crippen molar-refractivity contribution in [2.75, 3.05) is 11.9 Å². The molecule has 3 aromatic rings. The number of rotatable bonds is 7. The molecule has 1 aliphatic carbocycles. The Balaban J connectivity index is 0.00000204. The fourth-order valence-electron chi connectivity index (χ4n) is 4.43. The number of hydrogen-bond acceptors (Lipinski definition) is 3. The van der Waals surface area contributed by atoms with Crippen LogP contribution in [0.25, 0.3) is 23.2 Å². The van der Waals surface area contributed by atoms with E-state index in [-0.39, 0.29) is 12.8 Å². The normalized spacial score (nSPS) is 16.7. The standard InChI is InChI=1S/C28H35N4.CH4.Es/c1-6-8-15-25-31-26-20(3)30-24-18-28(4,5)16-10-9-14-23(24)27(26)32(25)19-21-12-11-13-22(17-21)29-7-2;;/h9-14,16-18,29H,6-8,15,19H2,1-5H3;1H4;/q-1;;/b16-10-,23-14+,24-18+;;. The van der Waals surface area contributed by atoms with Crippen molar-refractivity contribution in [3.05, 3.63) is 70.5 Å². The zero-order valence-corrected chi connectivity index (χ0v) is 22.9. The average Bonchev–Trinajstić information content (AvgIpc) is 3.09. The molecule has 0 unspecified atom stereocenters. The number of aromatic nitrogens is 3. The van der Waals surface area contributed by atoms with E-state index in [0.29, 0.717) is 0 Å². The van der Waals surface area contributed by atoms with Gasteiger partial charge in [0.1, 0.15) is 5.82 Å². The minimum Gasteiger partial charge on any atom is -0.385 e. The fourth-order valence-corrected chi connectivity index (χ4v) is 4.43. The Hall–Kier alpha value is -4.01. The summed E-state index contributed by atoms with van der Waals surface area (Å²) in [5, 5.41) is 5.65. The van der Waals surface area contributed by atoms with Crippen molar-refractivity contribution in [2.24, 2.45) is 5.41 Å². The van der Waals surface area contributed by atoms with Gasteiger partial charge in [0.25, 0.3) is 0 Å². The van der Waals surface area contributed by atoms with E-state index in [9.17, 15) is 0 Å². The number of aryl methyl sites for hydroxylation is 2. The van der Waals surface area contributed by atoms with Gasteiger partial charge in [-0.1, -0.05) is 58.0 Å². The first-order chi connectivity index (χ1) is 15.4. The molecule has 0 bridgehead atoms. The van der Waals surface area contributed by atoms with Gasteiger partial charge in [0.15, 0.2) is 0 Å². The molecule has 34 heavy (non-hydrogen) atoms. The molecule has 0 saturated carbocycles. The third-order valence-corrected chi connectivity index (χ3v) is 6.02. The van der Waals surface area contributed by atoms with Gasteiger partial charge >= 0.3 is 0 Å². The van der Waals surface area contributed by atoms with Crippen molar-refractivity contribution in [2.45, 2.75) is 67.9 Å². The SMILES string of the molecule is C.CCCCc1nc2c(C)nc3/c(c2n1Cc1cccc(NCC)c1)=C\[CH-]/C=C\C(C)(C)\C=3.[Es]. The van der Waals surface area contributed by atoms with Crippen LogP contribution in [0, 0.1) is 18.8 Å². The van der Waals surface area contributed by atoms with Gasteiger partial charge in [-0.15, -0.1) is 0 Å². The maximum atomic E-state index is 5.12. The summed E-state index contributed by atoms with van der Waals surface area (Å²) in [5.74, 6) is 1.15. The van der Waals surface area contributed by atoms with Crippen LogP contribution >= 0.6 is 0 Å². The number of anilines is 1. The summed E-state index contributed by atoms with van der Waals surface area (Å²) in [7, 11) is 0. The second-order valence-electron chi connectivity index (χ2n) is 9.33. The third kappa shape index (κ3) is 5.31. The number of imidazole rings is 1. The van der Waals surface area contributed by atoms with Gasteiger partial charge in [-0.2, -0.15) is 24.6 Å². The van der Waals surface area contributed by atoms with E-state index < -0.39 is 0 Å². The molecule has 0 amide bonds. The number of allylic oxidation sites excluding steroid dienone is 2. The predicted molar refractivity (Wildman–Crippen MR) is 143 cm³/mol. The molecule has 0 saturated heterocycles. The number of hydrogen-bond donors (Lipinski definition) is 1. The number of unbranched alkanes of at least 4 members (excludes halogenated alkanes) is 1. The van der Waals surface area contributed by atoms with Crippen molar-refractivity contribution >= 4 is 28.9 Å². The smallest absolute Gasteiger partial charge is 0.109 e. The van der Waals surface area contributed by atoms with Crippen LogP contribution < -0.4 is 15.9 Å². The Morgan fingerprint density at radius 2 is 1.94 bits per heavy atom. The molecule has 0 spiro atoms. The Morgan fingerprint density at radius 1 is 1.15 bits per heavy atom. The van der Waals surface area contributed by atoms with Crippen LogP contribution in [0.2, 0.25) is 0 Å². The second-order valence-corrected chi connectivity index (χ2v) is 9.33. The van der Waals surface area contributed by atoms with Gasteiger partial charge < -0.3 is 9.88 Å². The first-order valence-corrected chi connectivity index (χ1v) is 11.9. The zero-order valence-electron chi connectivity index (χ0n) is 20.4. The topological polar surface area (TPSA) is 42.7 Å². The Labute approximate surface area is 199 Å². The van der Waals surface area contributed by atoms with Gasteiger partial charge in [0, 0.05) is 36.1 Å². The maximum Gasteiger partial charge on any atom is 0.109 e. The minimum absolute atomic E-state index is 0. The summed E-state index contributed by atoms with van der Waals surface area (Å²) in [5.41, 5.74) is 5.62. The van der Waals surface area contributed by atoms with Crippen LogP contribution in [0.4, 0.5) is 5.69 Å². The molecule has 5 heteroatoms. The summed E-state index contributed by atoms with van der Waals surface area (Å²) in [6.45, 7) is 12.6. The number of benzene rings is 1. The van der Waals surface area contributed by atoms with Crippen LogP contribution in [0.15, 0.2) is 36.4 Å². The fraction of sp³-hybridized carbons (Fsp3) is 0.414. The number of pyridine rings is 1. The molecule has 4 rings (SSSR count). The Kier molecular flexibility index (Phi) is 8.29. The molecule has 2 aromatic heterocycles. The molecule has 0 atom stereocenters. The predicted octanol–water partition coefficient (Wildman–Crippen LogP) is 5.56. The summed E-state index contributed by atoms with van der Waals surface area (Å²) >= 11 is 0. The first-order valence-electron chi connectivity index (χ1n) is 11.9. The van der Waals surface area contributed by atoms with Crippen molar-refractivity contribution in [1.29, 1.82) is 0 Å². The van der Waals surface area contributed by atoms with E-state index in [1.54, 1.807) is 0 Å². The average molecular weight is 696 g/mol. The first kappa shape index (κ1) is 26.2. The summed E-state index contributed by atoms with van der Waals surface area (Å²) in [4.78, 5) is 10.1. The van der Waals surface area contributed by atoms with Crippen molar-refractivity contribution < 1.29 is 0 Å². The summed E-state index contributed by atoms with van der Waals surface area (Å²) in [6, 6.07) is 8.73. The van der Waals surface area contributed by atoms with Crippen LogP contribution in [0.5, 0.6) is 0 Å². The number of nitrogens with zero attached hydrogens (tertiary/aromatic N) is 3. The molecule has 0 aliphatic heterocycles. The second kappa shape index (κ2) is 10.7. The molecule has 1 aromatic carbocycles. The van der Waals surface area contributed by atoms with Gasteiger partial charge in [-0.05, 0) is 43.4 Å². The van der Waals surface area contributed by atoms with Crippen molar-refractivity contribution in [3.8, 4) is 0 Å². The van der Waals surface area contributed by atoms with Crippen LogP contribution in [-0.2, 0) is 13.0 Å². The quantitative estimate of drug-likeness (QED) is 0.330. The maximum absolute atomic E-state index is 5.12. The number of fused-ring (bicyclic) bond motifs is 3. The number of nitrogens with one attached hydrogen (secondary N) is 1. The molecule has 0 fully saturated rings.